The van der Waals surface area contributed by atoms with Gasteiger partial charge >= 0.3 is 0 Å². The summed E-state index contributed by atoms with van der Waals surface area (Å²) in [6.07, 6.45) is 13.1. The number of aromatic nitrogens is 1. The Labute approximate surface area is 111 Å². The molecule has 1 heteroatoms. The molecule has 0 radical (unpaired) electrons. The van der Waals surface area contributed by atoms with Crippen molar-refractivity contribution < 1.29 is 0 Å². The summed E-state index contributed by atoms with van der Waals surface area (Å²) in [7, 11) is 0. The second-order valence-corrected chi connectivity index (χ2v) is 5.96. The van der Waals surface area contributed by atoms with Crippen LogP contribution in [0, 0.1) is 11.3 Å². The maximum Gasteiger partial charge on any atom is 0.0409 e. The molecule has 1 fully saturated rings. The largest absolute Gasteiger partial charge is 0.261 e. The normalized spacial score (nSPS) is 19.6. The molecular formula is C17H25N. The molecule has 1 aromatic rings. The van der Waals surface area contributed by atoms with Crippen LogP contribution in [0.1, 0.15) is 51.1 Å². The van der Waals surface area contributed by atoms with Crippen molar-refractivity contribution in [1.29, 1.82) is 0 Å². The van der Waals surface area contributed by atoms with Crippen LogP contribution in [0.2, 0.25) is 0 Å². The summed E-state index contributed by atoms with van der Waals surface area (Å²) < 4.78 is 0. The highest BCUT2D eigenvalue weighted by molar-refractivity contribution is 5.07. The molecule has 1 aromatic heterocycles. The molecule has 0 aliphatic heterocycles. The molecule has 0 bridgehead atoms. The van der Waals surface area contributed by atoms with Crippen molar-refractivity contribution >= 4 is 0 Å². The Morgan fingerprint density at radius 3 is 2.78 bits per heavy atom. The van der Waals surface area contributed by atoms with E-state index >= 15 is 0 Å². The predicted molar refractivity (Wildman–Crippen MR) is 77.4 cm³/mol. The minimum atomic E-state index is 0.402. The number of hydrogen-bond acceptors (Lipinski definition) is 1. The zero-order valence-corrected chi connectivity index (χ0v) is 11.6. The quantitative estimate of drug-likeness (QED) is 0.655. The molecule has 0 amide bonds. The van der Waals surface area contributed by atoms with E-state index in [4.69, 9.17) is 0 Å². The molecule has 0 saturated heterocycles. The van der Waals surface area contributed by atoms with Gasteiger partial charge < -0.3 is 0 Å². The van der Waals surface area contributed by atoms with Gasteiger partial charge in [-0.05, 0) is 55.6 Å². The highest BCUT2D eigenvalue weighted by atomic mass is 14.7. The first kappa shape index (κ1) is 13.3. The molecule has 0 spiro atoms. The second kappa shape index (κ2) is 6.17. The van der Waals surface area contributed by atoms with Gasteiger partial charge in [-0.25, -0.2) is 0 Å². The van der Waals surface area contributed by atoms with E-state index in [1.54, 1.807) is 0 Å². The van der Waals surface area contributed by atoms with E-state index in [1.807, 2.05) is 12.3 Å². The summed E-state index contributed by atoms with van der Waals surface area (Å²) in [5, 5.41) is 0. The van der Waals surface area contributed by atoms with Gasteiger partial charge in [0.2, 0.25) is 0 Å². The van der Waals surface area contributed by atoms with E-state index in [9.17, 15) is 0 Å². The van der Waals surface area contributed by atoms with Crippen molar-refractivity contribution in [2.45, 2.75) is 51.9 Å². The number of allylic oxidation sites excluding steroid dienone is 1. The van der Waals surface area contributed by atoms with Crippen molar-refractivity contribution in [3.05, 3.63) is 42.7 Å². The van der Waals surface area contributed by atoms with Crippen LogP contribution in [0.4, 0.5) is 0 Å². The lowest BCUT2D eigenvalue weighted by atomic mass is 9.70. The molecule has 0 aromatic carbocycles. The van der Waals surface area contributed by atoms with Gasteiger partial charge in [0.15, 0.2) is 0 Å². The van der Waals surface area contributed by atoms with Gasteiger partial charge in [-0.3, -0.25) is 4.98 Å². The van der Waals surface area contributed by atoms with Crippen LogP contribution in [0.15, 0.2) is 37.1 Å². The van der Waals surface area contributed by atoms with Gasteiger partial charge in [-0.1, -0.05) is 31.9 Å². The maximum absolute atomic E-state index is 4.52. The fourth-order valence-electron chi connectivity index (χ4n) is 3.41. The fraction of sp³-hybridized carbons (Fsp3) is 0.588. The molecular weight excluding hydrogens is 218 g/mol. The molecule has 1 aliphatic carbocycles. The Bertz CT molecular complexity index is 364. The zero-order chi connectivity index (χ0) is 12.8. The van der Waals surface area contributed by atoms with Crippen LogP contribution in [0.25, 0.3) is 0 Å². The van der Waals surface area contributed by atoms with Crippen molar-refractivity contribution in [2.24, 2.45) is 11.3 Å². The number of pyridine rings is 1. The lowest BCUT2D eigenvalue weighted by molar-refractivity contribution is 0.170. The lowest BCUT2D eigenvalue weighted by Crippen LogP contribution is -2.28. The summed E-state index contributed by atoms with van der Waals surface area (Å²) in [4.78, 5) is 4.52. The molecule has 1 saturated carbocycles. The Hall–Kier alpha value is -1.11. The molecule has 98 valence electrons. The second-order valence-electron chi connectivity index (χ2n) is 5.96. The smallest absolute Gasteiger partial charge is 0.0409 e. The highest BCUT2D eigenvalue weighted by Crippen LogP contribution is 2.44. The van der Waals surface area contributed by atoms with Gasteiger partial charge in [0.05, 0.1) is 0 Å². The van der Waals surface area contributed by atoms with Gasteiger partial charge in [-0.2, -0.15) is 0 Å². The molecule has 1 aliphatic rings. The van der Waals surface area contributed by atoms with E-state index in [0.29, 0.717) is 5.41 Å². The molecule has 2 rings (SSSR count). The maximum atomic E-state index is 4.52. The predicted octanol–water partition coefficient (Wildman–Crippen LogP) is 4.79. The SMILES string of the molecule is C=CCCC(C)(Cc1ccccn1)C1CCCC1. The fourth-order valence-corrected chi connectivity index (χ4v) is 3.41. The minimum Gasteiger partial charge on any atom is -0.261 e. The van der Waals surface area contributed by atoms with Gasteiger partial charge in [-0.15, -0.1) is 6.58 Å². The molecule has 1 unspecified atom stereocenters. The van der Waals surface area contributed by atoms with Gasteiger partial charge in [0, 0.05) is 11.9 Å². The van der Waals surface area contributed by atoms with Gasteiger partial charge in [0.25, 0.3) is 0 Å². The van der Waals surface area contributed by atoms with Crippen LogP contribution >= 0.6 is 0 Å². The van der Waals surface area contributed by atoms with Crippen molar-refractivity contribution in [1.82, 2.24) is 4.98 Å². The third-order valence-corrected chi connectivity index (χ3v) is 4.57. The first-order valence-corrected chi connectivity index (χ1v) is 7.25. The first-order valence-electron chi connectivity index (χ1n) is 7.25. The van der Waals surface area contributed by atoms with Crippen molar-refractivity contribution in [3.63, 3.8) is 0 Å². The van der Waals surface area contributed by atoms with E-state index in [0.717, 1.165) is 18.8 Å². The van der Waals surface area contributed by atoms with E-state index in [-0.39, 0.29) is 0 Å². The summed E-state index contributed by atoms with van der Waals surface area (Å²) in [6.45, 7) is 6.34. The molecule has 18 heavy (non-hydrogen) atoms. The number of rotatable bonds is 6. The summed E-state index contributed by atoms with van der Waals surface area (Å²) in [5.41, 5.74) is 1.65. The topological polar surface area (TPSA) is 12.9 Å². The van der Waals surface area contributed by atoms with Crippen LogP contribution in [0.5, 0.6) is 0 Å². The van der Waals surface area contributed by atoms with E-state index in [1.165, 1.54) is 37.8 Å². The minimum absolute atomic E-state index is 0.402. The number of hydrogen-bond donors (Lipinski definition) is 0. The summed E-state index contributed by atoms with van der Waals surface area (Å²) in [6, 6.07) is 6.27. The third kappa shape index (κ3) is 3.22. The van der Waals surface area contributed by atoms with Crippen molar-refractivity contribution in [3.8, 4) is 0 Å². The van der Waals surface area contributed by atoms with E-state index in [2.05, 4.69) is 36.7 Å². The Balaban J connectivity index is 2.10. The zero-order valence-electron chi connectivity index (χ0n) is 11.6. The summed E-state index contributed by atoms with van der Waals surface area (Å²) >= 11 is 0. The molecule has 1 atom stereocenters. The monoisotopic (exact) mass is 243 g/mol. The van der Waals surface area contributed by atoms with Crippen molar-refractivity contribution in [2.75, 3.05) is 0 Å². The standard InChI is InChI=1S/C17H25N/c1-3-4-12-17(2,15-9-5-6-10-15)14-16-11-7-8-13-18-16/h3,7-8,11,13,15H,1,4-6,9-10,12,14H2,2H3. The Morgan fingerprint density at radius 2 is 2.17 bits per heavy atom. The average molecular weight is 243 g/mol. The Morgan fingerprint density at radius 1 is 1.39 bits per heavy atom. The lowest BCUT2D eigenvalue weighted by Gasteiger charge is -2.35. The molecule has 1 heterocycles. The van der Waals surface area contributed by atoms with Crippen LogP contribution < -0.4 is 0 Å². The molecule has 1 nitrogen and oxygen atoms in total. The third-order valence-electron chi connectivity index (χ3n) is 4.57. The summed E-state index contributed by atoms with van der Waals surface area (Å²) in [5.74, 6) is 0.874. The first-order chi connectivity index (χ1) is 8.74. The number of nitrogens with zero attached hydrogens (tertiary/aromatic N) is 1. The Kier molecular flexibility index (Phi) is 4.57. The highest BCUT2D eigenvalue weighted by Gasteiger charge is 2.35. The van der Waals surface area contributed by atoms with Crippen LogP contribution in [-0.4, -0.2) is 4.98 Å². The molecule has 0 N–H and O–H groups in total. The average Bonchev–Trinajstić information content (AvgIpc) is 2.92. The van der Waals surface area contributed by atoms with E-state index < -0.39 is 0 Å². The van der Waals surface area contributed by atoms with Gasteiger partial charge in [0.1, 0.15) is 0 Å². The van der Waals surface area contributed by atoms with Crippen LogP contribution in [0.3, 0.4) is 0 Å². The van der Waals surface area contributed by atoms with Crippen LogP contribution in [-0.2, 0) is 6.42 Å².